The van der Waals surface area contributed by atoms with Crippen molar-refractivity contribution in [2.24, 2.45) is 0 Å². The summed E-state index contributed by atoms with van der Waals surface area (Å²) in [5.41, 5.74) is 2.01. The normalized spacial score (nSPS) is 10.7. The van der Waals surface area contributed by atoms with E-state index >= 15 is 0 Å². The molecular weight excluding hydrogens is 332 g/mol. The van der Waals surface area contributed by atoms with Crippen molar-refractivity contribution < 1.29 is 0 Å². The Morgan fingerprint density at radius 3 is 2.32 bits per heavy atom. The molecule has 0 fully saturated rings. The maximum atomic E-state index is 6.23. The number of benzene rings is 2. The fourth-order valence-electron chi connectivity index (χ4n) is 2.45. The second-order valence-electron chi connectivity index (χ2n) is 6.07. The molecular formula is C20H21ClN4. The predicted molar refractivity (Wildman–Crippen MR) is 105 cm³/mol. The molecule has 3 aromatic rings. The maximum absolute atomic E-state index is 6.23. The van der Waals surface area contributed by atoms with Crippen molar-refractivity contribution >= 4 is 23.2 Å². The molecule has 0 aliphatic carbocycles. The van der Waals surface area contributed by atoms with Crippen LogP contribution in [-0.4, -0.2) is 16.0 Å². The Labute approximate surface area is 153 Å². The number of hydrogen-bond acceptors (Lipinski definition) is 4. The second-order valence-corrected chi connectivity index (χ2v) is 6.48. The SMILES string of the molecule is CC(C)Nc1cc(NCc2ccccc2Cl)nc(-c2ccccc2)n1. The van der Waals surface area contributed by atoms with Crippen LogP contribution in [0.1, 0.15) is 19.4 Å². The van der Waals surface area contributed by atoms with Crippen molar-refractivity contribution in [2.75, 3.05) is 10.6 Å². The molecule has 0 saturated heterocycles. The molecule has 0 bridgehead atoms. The summed E-state index contributed by atoms with van der Waals surface area (Å²) in [7, 11) is 0. The van der Waals surface area contributed by atoms with Crippen LogP contribution < -0.4 is 10.6 Å². The van der Waals surface area contributed by atoms with Gasteiger partial charge in [-0.05, 0) is 25.5 Å². The van der Waals surface area contributed by atoms with Crippen molar-refractivity contribution in [1.82, 2.24) is 9.97 Å². The lowest BCUT2D eigenvalue weighted by Gasteiger charge is -2.14. The largest absolute Gasteiger partial charge is 0.368 e. The lowest BCUT2D eigenvalue weighted by Crippen LogP contribution is -2.13. The van der Waals surface area contributed by atoms with E-state index in [9.17, 15) is 0 Å². The van der Waals surface area contributed by atoms with Crippen LogP contribution in [0, 0.1) is 0 Å². The first-order valence-corrected chi connectivity index (χ1v) is 8.68. The van der Waals surface area contributed by atoms with Gasteiger partial charge >= 0.3 is 0 Å². The average Bonchev–Trinajstić information content (AvgIpc) is 2.61. The molecule has 3 rings (SSSR count). The maximum Gasteiger partial charge on any atom is 0.163 e. The van der Waals surface area contributed by atoms with Crippen LogP contribution in [0.25, 0.3) is 11.4 Å². The van der Waals surface area contributed by atoms with Crippen LogP contribution in [0.15, 0.2) is 60.7 Å². The van der Waals surface area contributed by atoms with E-state index in [1.807, 2.05) is 60.7 Å². The lowest BCUT2D eigenvalue weighted by atomic mass is 10.2. The van der Waals surface area contributed by atoms with Gasteiger partial charge in [0.1, 0.15) is 11.6 Å². The number of halogens is 1. The van der Waals surface area contributed by atoms with Crippen molar-refractivity contribution in [3.63, 3.8) is 0 Å². The molecule has 0 saturated carbocycles. The molecule has 0 aliphatic heterocycles. The van der Waals surface area contributed by atoms with Crippen molar-refractivity contribution in [1.29, 1.82) is 0 Å². The summed E-state index contributed by atoms with van der Waals surface area (Å²) in [6.45, 7) is 4.77. The molecule has 4 nitrogen and oxygen atoms in total. The van der Waals surface area contributed by atoms with Gasteiger partial charge in [-0.1, -0.05) is 60.1 Å². The van der Waals surface area contributed by atoms with E-state index in [2.05, 4.69) is 34.4 Å². The summed E-state index contributed by atoms with van der Waals surface area (Å²) >= 11 is 6.23. The molecule has 0 radical (unpaired) electrons. The van der Waals surface area contributed by atoms with E-state index in [0.717, 1.165) is 27.8 Å². The zero-order chi connectivity index (χ0) is 17.6. The molecule has 0 aliphatic rings. The highest BCUT2D eigenvalue weighted by molar-refractivity contribution is 6.31. The molecule has 2 aromatic carbocycles. The van der Waals surface area contributed by atoms with Gasteiger partial charge in [0.2, 0.25) is 0 Å². The third-order valence-electron chi connectivity index (χ3n) is 3.61. The molecule has 128 valence electrons. The molecule has 0 spiro atoms. The Bertz CT molecular complexity index is 834. The molecule has 5 heteroatoms. The van der Waals surface area contributed by atoms with Gasteiger partial charge < -0.3 is 10.6 Å². The molecule has 25 heavy (non-hydrogen) atoms. The first-order valence-electron chi connectivity index (χ1n) is 8.30. The van der Waals surface area contributed by atoms with Crippen LogP contribution >= 0.6 is 11.6 Å². The van der Waals surface area contributed by atoms with Gasteiger partial charge in [-0.2, -0.15) is 0 Å². The summed E-state index contributed by atoms with van der Waals surface area (Å²) < 4.78 is 0. The highest BCUT2D eigenvalue weighted by atomic mass is 35.5. The smallest absolute Gasteiger partial charge is 0.163 e. The number of aromatic nitrogens is 2. The lowest BCUT2D eigenvalue weighted by molar-refractivity contribution is 0.887. The van der Waals surface area contributed by atoms with Gasteiger partial charge in [0, 0.05) is 29.2 Å². The molecule has 0 amide bonds. The fourth-order valence-corrected chi connectivity index (χ4v) is 2.65. The molecule has 1 heterocycles. The van der Waals surface area contributed by atoms with Gasteiger partial charge in [0.15, 0.2) is 5.82 Å². The van der Waals surface area contributed by atoms with E-state index in [0.29, 0.717) is 12.4 Å². The zero-order valence-electron chi connectivity index (χ0n) is 14.3. The summed E-state index contributed by atoms with van der Waals surface area (Å²) in [4.78, 5) is 9.28. The third kappa shape index (κ3) is 4.70. The molecule has 0 unspecified atom stereocenters. The summed E-state index contributed by atoms with van der Waals surface area (Å²) in [6, 6.07) is 20.0. The van der Waals surface area contributed by atoms with E-state index < -0.39 is 0 Å². The first-order chi connectivity index (χ1) is 12.1. The number of rotatable bonds is 6. The Kier molecular flexibility index (Phi) is 5.51. The first kappa shape index (κ1) is 17.2. The fraction of sp³-hybridized carbons (Fsp3) is 0.200. The molecule has 2 N–H and O–H groups in total. The Morgan fingerprint density at radius 2 is 1.60 bits per heavy atom. The third-order valence-corrected chi connectivity index (χ3v) is 3.98. The van der Waals surface area contributed by atoms with Crippen LogP contribution in [0.3, 0.4) is 0 Å². The van der Waals surface area contributed by atoms with Crippen LogP contribution in [0.5, 0.6) is 0 Å². The highest BCUT2D eigenvalue weighted by Gasteiger charge is 2.08. The van der Waals surface area contributed by atoms with E-state index in [4.69, 9.17) is 11.6 Å². The van der Waals surface area contributed by atoms with Crippen LogP contribution in [0.4, 0.5) is 11.6 Å². The Balaban J connectivity index is 1.88. The number of anilines is 2. The number of nitrogens with one attached hydrogen (secondary N) is 2. The van der Waals surface area contributed by atoms with Gasteiger partial charge in [-0.15, -0.1) is 0 Å². The van der Waals surface area contributed by atoms with Crippen molar-refractivity contribution in [3.05, 3.63) is 71.2 Å². The van der Waals surface area contributed by atoms with Crippen LogP contribution in [0.2, 0.25) is 5.02 Å². The quantitative estimate of drug-likeness (QED) is 0.637. The van der Waals surface area contributed by atoms with Gasteiger partial charge in [0.05, 0.1) is 0 Å². The van der Waals surface area contributed by atoms with Gasteiger partial charge in [-0.25, -0.2) is 9.97 Å². The zero-order valence-corrected chi connectivity index (χ0v) is 15.1. The van der Waals surface area contributed by atoms with E-state index in [1.54, 1.807) is 0 Å². The summed E-state index contributed by atoms with van der Waals surface area (Å²) in [6.07, 6.45) is 0. The predicted octanol–water partition coefficient (Wildman–Crippen LogP) is 5.23. The second kappa shape index (κ2) is 7.99. The molecule has 0 atom stereocenters. The topological polar surface area (TPSA) is 49.8 Å². The standard InChI is InChI=1S/C20H21ClN4/c1-14(2)23-19-12-18(22-13-16-10-6-7-11-17(16)21)24-20(25-19)15-8-4-3-5-9-15/h3-12,14H,13H2,1-2H3,(H2,22,23,24,25). The van der Waals surface area contributed by atoms with Crippen molar-refractivity contribution in [2.45, 2.75) is 26.4 Å². The number of nitrogens with zero attached hydrogens (tertiary/aromatic N) is 2. The summed E-state index contributed by atoms with van der Waals surface area (Å²) in [5, 5.41) is 7.44. The Morgan fingerprint density at radius 1 is 0.920 bits per heavy atom. The Hall–Kier alpha value is -2.59. The monoisotopic (exact) mass is 352 g/mol. The van der Waals surface area contributed by atoms with E-state index in [-0.39, 0.29) is 6.04 Å². The summed E-state index contributed by atoms with van der Waals surface area (Å²) in [5.74, 6) is 2.25. The highest BCUT2D eigenvalue weighted by Crippen LogP contribution is 2.22. The minimum atomic E-state index is 0.287. The number of hydrogen-bond donors (Lipinski definition) is 2. The molecule has 1 aromatic heterocycles. The van der Waals surface area contributed by atoms with Gasteiger partial charge in [-0.3, -0.25) is 0 Å². The van der Waals surface area contributed by atoms with Crippen LogP contribution in [-0.2, 0) is 6.54 Å². The van der Waals surface area contributed by atoms with E-state index in [1.165, 1.54) is 0 Å². The van der Waals surface area contributed by atoms with Crippen molar-refractivity contribution in [3.8, 4) is 11.4 Å². The van der Waals surface area contributed by atoms with Gasteiger partial charge in [0.25, 0.3) is 0 Å². The minimum absolute atomic E-state index is 0.287. The minimum Gasteiger partial charge on any atom is -0.368 e. The average molecular weight is 353 g/mol.